The van der Waals surface area contributed by atoms with Gasteiger partial charge in [-0.1, -0.05) is 13.3 Å². The summed E-state index contributed by atoms with van der Waals surface area (Å²) in [5.74, 6) is 0.148. The molecule has 2 bridgehead atoms. The molecule has 0 saturated carbocycles. The van der Waals surface area contributed by atoms with Gasteiger partial charge in [0.15, 0.2) is 0 Å². The molecule has 140 valence electrons. The number of carbonyl (C=O) groups excluding carboxylic acids is 1. The van der Waals surface area contributed by atoms with Crippen molar-refractivity contribution in [3.05, 3.63) is 17.5 Å². The highest BCUT2D eigenvalue weighted by atomic mass is 32.2. The van der Waals surface area contributed by atoms with Crippen molar-refractivity contribution in [2.75, 3.05) is 33.7 Å². The first-order valence-corrected chi connectivity index (χ1v) is 10.2. The fourth-order valence-corrected chi connectivity index (χ4v) is 5.02. The SMILES string of the molecule is CCCc1[nH]ncc1C(=O)N1C[C@H]2CC[C@@H]1CN(S(=O)(=O)N(C)C)C2. The van der Waals surface area contributed by atoms with E-state index in [1.54, 1.807) is 20.3 Å². The Morgan fingerprint density at radius 3 is 2.76 bits per heavy atom. The van der Waals surface area contributed by atoms with Crippen LogP contribution in [0, 0.1) is 5.92 Å². The minimum Gasteiger partial charge on any atom is -0.334 e. The molecule has 3 aliphatic rings. The zero-order valence-electron chi connectivity index (χ0n) is 15.1. The van der Waals surface area contributed by atoms with E-state index in [2.05, 4.69) is 17.1 Å². The van der Waals surface area contributed by atoms with E-state index in [0.717, 1.165) is 31.4 Å². The van der Waals surface area contributed by atoms with Gasteiger partial charge in [0, 0.05) is 45.5 Å². The summed E-state index contributed by atoms with van der Waals surface area (Å²) in [5, 5.41) is 6.96. The molecule has 1 aromatic rings. The van der Waals surface area contributed by atoms with Crippen LogP contribution in [0.1, 0.15) is 42.2 Å². The zero-order chi connectivity index (χ0) is 18.2. The van der Waals surface area contributed by atoms with Crippen molar-refractivity contribution in [3.63, 3.8) is 0 Å². The molecule has 1 amide bonds. The largest absolute Gasteiger partial charge is 0.334 e. The first-order valence-electron chi connectivity index (χ1n) is 8.85. The maximum Gasteiger partial charge on any atom is 0.281 e. The van der Waals surface area contributed by atoms with Crippen molar-refractivity contribution < 1.29 is 13.2 Å². The molecule has 8 nitrogen and oxygen atoms in total. The van der Waals surface area contributed by atoms with Gasteiger partial charge in [0.05, 0.1) is 11.8 Å². The van der Waals surface area contributed by atoms with Crippen LogP contribution in [0.2, 0.25) is 0 Å². The van der Waals surface area contributed by atoms with E-state index in [0.29, 0.717) is 25.2 Å². The van der Waals surface area contributed by atoms with Crippen LogP contribution in [0.25, 0.3) is 0 Å². The number of amides is 1. The molecule has 3 fully saturated rings. The molecule has 0 radical (unpaired) electrons. The smallest absolute Gasteiger partial charge is 0.281 e. The van der Waals surface area contributed by atoms with Gasteiger partial charge in [-0.2, -0.15) is 22.1 Å². The van der Waals surface area contributed by atoms with Gasteiger partial charge < -0.3 is 4.90 Å². The first kappa shape index (κ1) is 18.3. The number of piperidine rings is 1. The number of rotatable bonds is 5. The fraction of sp³-hybridized carbons (Fsp3) is 0.750. The molecule has 9 heteroatoms. The summed E-state index contributed by atoms with van der Waals surface area (Å²) in [5.41, 5.74) is 1.49. The summed E-state index contributed by atoms with van der Waals surface area (Å²) in [7, 11) is -0.360. The summed E-state index contributed by atoms with van der Waals surface area (Å²) in [6.07, 6.45) is 5.12. The molecule has 0 aromatic carbocycles. The van der Waals surface area contributed by atoms with Gasteiger partial charge in [-0.15, -0.1) is 0 Å². The average Bonchev–Trinajstić information content (AvgIpc) is 2.82. The summed E-state index contributed by atoms with van der Waals surface area (Å²) in [4.78, 5) is 14.9. The molecule has 0 aliphatic carbocycles. The third kappa shape index (κ3) is 3.45. The van der Waals surface area contributed by atoms with Crippen LogP contribution >= 0.6 is 0 Å². The van der Waals surface area contributed by atoms with Gasteiger partial charge >= 0.3 is 0 Å². The molecule has 3 aliphatic heterocycles. The molecule has 2 atom stereocenters. The predicted molar refractivity (Wildman–Crippen MR) is 94.3 cm³/mol. The maximum absolute atomic E-state index is 13.1. The van der Waals surface area contributed by atoms with Crippen molar-refractivity contribution in [2.45, 2.75) is 38.6 Å². The molecule has 1 aromatic heterocycles. The van der Waals surface area contributed by atoms with Gasteiger partial charge in [-0.05, 0) is 25.2 Å². The van der Waals surface area contributed by atoms with E-state index in [1.165, 1.54) is 8.61 Å². The molecule has 1 N–H and O–H groups in total. The van der Waals surface area contributed by atoms with Crippen LogP contribution in [0.15, 0.2) is 6.20 Å². The Labute approximate surface area is 149 Å². The van der Waals surface area contributed by atoms with Crippen molar-refractivity contribution in [3.8, 4) is 0 Å². The predicted octanol–water partition coefficient (Wildman–Crippen LogP) is 0.705. The lowest BCUT2D eigenvalue weighted by atomic mass is 9.94. The lowest BCUT2D eigenvalue weighted by Crippen LogP contribution is -2.48. The number of hydrogen-bond donors (Lipinski definition) is 1. The van der Waals surface area contributed by atoms with E-state index < -0.39 is 10.2 Å². The van der Waals surface area contributed by atoms with Gasteiger partial charge in [0.25, 0.3) is 16.1 Å². The normalized spacial score (nSPS) is 24.7. The van der Waals surface area contributed by atoms with Gasteiger partial charge in [0.1, 0.15) is 0 Å². The Morgan fingerprint density at radius 1 is 1.32 bits per heavy atom. The number of carbonyl (C=O) groups is 1. The standard InChI is InChI=1S/C16H27N5O3S/c1-4-5-15-14(8-17-18-15)16(22)21-10-12-6-7-13(21)11-20(9-12)25(23,24)19(2)3/h8,12-13H,4-7,9-11H2,1-3H3,(H,17,18)/t12-,13+/m0/s1. The molecule has 25 heavy (non-hydrogen) atoms. The number of hydrogen-bond acceptors (Lipinski definition) is 4. The summed E-state index contributed by atoms with van der Waals surface area (Å²) in [6.45, 7) is 3.52. The highest BCUT2D eigenvalue weighted by Gasteiger charge is 2.41. The van der Waals surface area contributed by atoms with Crippen LogP contribution in [-0.4, -0.2) is 77.8 Å². The van der Waals surface area contributed by atoms with Crippen LogP contribution in [-0.2, 0) is 16.6 Å². The Bertz CT molecular complexity index is 730. The number of nitrogens with one attached hydrogen (secondary N) is 1. The third-order valence-electron chi connectivity index (χ3n) is 5.18. The summed E-state index contributed by atoms with van der Waals surface area (Å²) < 4.78 is 27.9. The first-order chi connectivity index (χ1) is 11.8. The lowest BCUT2D eigenvalue weighted by Gasteiger charge is -2.36. The number of H-pyrrole nitrogens is 1. The number of aromatic nitrogens is 2. The van der Waals surface area contributed by atoms with Crippen molar-refractivity contribution in [2.24, 2.45) is 5.92 Å². The van der Waals surface area contributed by atoms with E-state index in [-0.39, 0.29) is 17.9 Å². The lowest BCUT2D eigenvalue weighted by molar-refractivity contribution is 0.0587. The second-order valence-electron chi connectivity index (χ2n) is 7.17. The van der Waals surface area contributed by atoms with Crippen LogP contribution in [0.5, 0.6) is 0 Å². The monoisotopic (exact) mass is 369 g/mol. The topological polar surface area (TPSA) is 89.6 Å². The van der Waals surface area contributed by atoms with Crippen LogP contribution in [0.4, 0.5) is 0 Å². The van der Waals surface area contributed by atoms with Crippen LogP contribution < -0.4 is 0 Å². The molecule has 0 spiro atoms. The maximum atomic E-state index is 13.1. The molecular weight excluding hydrogens is 342 g/mol. The van der Waals surface area contributed by atoms with E-state index in [1.807, 2.05) is 4.90 Å². The molecule has 3 saturated heterocycles. The highest BCUT2D eigenvalue weighted by molar-refractivity contribution is 7.86. The van der Waals surface area contributed by atoms with Gasteiger partial charge in [0.2, 0.25) is 0 Å². The number of fused-ring (bicyclic) bond motifs is 4. The minimum absolute atomic E-state index is 0.0315. The number of nitrogens with zero attached hydrogens (tertiary/aromatic N) is 4. The fourth-order valence-electron chi connectivity index (χ4n) is 3.80. The molecule has 4 rings (SSSR count). The summed E-state index contributed by atoms with van der Waals surface area (Å²) in [6, 6.07) is -0.0784. The van der Waals surface area contributed by atoms with Gasteiger partial charge in [-0.3, -0.25) is 9.89 Å². The van der Waals surface area contributed by atoms with E-state index >= 15 is 0 Å². The second kappa shape index (κ2) is 7.05. The molecule has 0 unspecified atom stereocenters. The molecule has 4 heterocycles. The van der Waals surface area contributed by atoms with Crippen molar-refractivity contribution >= 4 is 16.1 Å². The van der Waals surface area contributed by atoms with E-state index in [4.69, 9.17) is 0 Å². The number of aryl methyl sites for hydroxylation is 1. The Hall–Kier alpha value is -1.45. The quantitative estimate of drug-likeness (QED) is 0.827. The highest BCUT2D eigenvalue weighted by Crippen LogP contribution is 2.31. The van der Waals surface area contributed by atoms with Crippen molar-refractivity contribution in [1.29, 1.82) is 0 Å². The minimum atomic E-state index is -3.46. The molecular formula is C16H27N5O3S. The van der Waals surface area contributed by atoms with Crippen LogP contribution in [0.3, 0.4) is 0 Å². The Morgan fingerprint density at radius 2 is 2.08 bits per heavy atom. The Kier molecular flexibility index (Phi) is 5.17. The van der Waals surface area contributed by atoms with E-state index in [9.17, 15) is 13.2 Å². The third-order valence-corrected chi connectivity index (χ3v) is 7.05. The number of aromatic amines is 1. The average molecular weight is 369 g/mol. The second-order valence-corrected chi connectivity index (χ2v) is 9.32. The van der Waals surface area contributed by atoms with Crippen molar-refractivity contribution in [1.82, 2.24) is 23.7 Å². The Balaban J connectivity index is 1.83. The van der Waals surface area contributed by atoms with Gasteiger partial charge in [-0.25, -0.2) is 0 Å². The summed E-state index contributed by atoms with van der Waals surface area (Å²) >= 11 is 0. The zero-order valence-corrected chi connectivity index (χ0v) is 15.9.